The normalized spacial score (nSPS) is 6.40. The summed E-state index contributed by atoms with van der Waals surface area (Å²) < 4.78 is 25.5. The van der Waals surface area contributed by atoms with Gasteiger partial charge in [-0.25, -0.2) is 4.79 Å². The number of esters is 1. The molecule has 0 spiro atoms. The largest absolute Gasteiger partial charge is 1.00 e. The van der Waals surface area contributed by atoms with Gasteiger partial charge in [-0.05, 0) is 0 Å². The van der Waals surface area contributed by atoms with Crippen LogP contribution in [0.2, 0.25) is 0 Å². The Hall–Kier alpha value is 1.19. The van der Waals surface area contributed by atoms with E-state index < -0.39 is 12.4 Å². The van der Waals surface area contributed by atoms with Gasteiger partial charge in [0.25, 0.3) is 0 Å². The van der Waals surface area contributed by atoms with Crippen molar-refractivity contribution in [3.05, 3.63) is 0 Å². The Bertz CT molecular complexity index is 87.0. The number of methoxy groups -OCH3 is 1. The van der Waals surface area contributed by atoms with E-state index in [0.717, 1.165) is 7.11 Å². The van der Waals surface area contributed by atoms with E-state index in [1.807, 2.05) is 0 Å². The molecule has 60 valence electrons. The van der Waals surface area contributed by atoms with Gasteiger partial charge in [0, 0.05) is 0 Å². The Morgan fingerprint density at radius 3 is 1.90 bits per heavy atom. The molecular weight excluding hydrogens is 200 g/mol. The average molecular weight is 207 g/mol. The summed E-state index contributed by atoms with van der Waals surface area (Å²) in [6, 6.07) is 0. The Morgan fingerprint density at radius 2 is 1.90 bits per heavy atom. The maximum absolute atomic E-state index is 11.0. The molecule has 0 heterocycles. The van der Waals surface area contributed by atoms with Gasteiger partial charge in [-0.15, -0.1) is 12.4 Å². The summed E-state index contributed by atoms with van der Waals surface area (Å²) in [5.74, 6) is -1.49. The number of hydrogen-bond donors (Lipinski definition) is 0. The quantitative estimate of drug-likeness (QED) is 0.371. The molecule has 0 aliphatic rings. The second-order valence-electron chi connectivity index (χ2n) is 0.824. The molecule has 0 saturated heterocycles. The maximum atomic E-state index is 11.0. The Labute approximate surface area is 106 Å². The van der Waals surface area contributed by atoms with Crippen LogP contribution < -0.4 is 51.4 Å². The third kappa shape index (κ3) is 11.9. The van der Waals surface area contributed by atoms with Crippen LogP contribution in [0.1, 0.15) is 1.43 Å². The molecule has 0 aromatic heterocycles. The standard InChI is InChI=1S/C3H4F2O2.ClH.FH.K.H/c1-7-3(6)2(4)5;;;;/h2H,1H3;2*1H;;/q;;;+1;-1. The van der Waals surface area contributed by atoms with Crippen LogP contribution in [0.25, 0.3) is 0 Å². The van der Waals surface area contributed by atoms with Crippen molar-refractivity contribution in [1.82, 2.24) is 0 Å². The molecule has 7 heteroatoms. The molecule has 0 aromatic rings. The zero-order chi connectivity index (χ0) is 5.86. The Morgan fingerprint density at radius 1 is 1.60 bits per heavy atom. The second-order valence-corrected chi connectivity index (χ2v) is 0.824. The SMILES string of the molecule is COC(=O)C(F)F.Cl.F.[H-].[K+]. The Kier molecular flexibility index (Phi) is 28.8. The van der Waals surface area contributed by atoms with E-state index >= 15 is 0 Å². The molecule has 10 heavy (non-hydrogen) atoms. The molecular formula is C3H7ClF3KO2. The predicted octanol–water partition coefficient (Wildman–Crippen LogP) is -1.88. The predicted molar refractivity (Wildman–Crippen MR) is 28.9 cm³/mol. The van der Waals surface area contributed by atoms with E-state index in [-0.39, 0.29) is 69.9 Å². The van der Waals surface area contributed by atoms with Crippen LogP contribution in [0, 0.1) is 0 Å². The first-order valence-electron chi connectivity index (χ1n) is 1.54. The number of ether oxygens (including phenoxy) is 1. The first kappa shape index (κ1) is 22.5. The summed E-state index contributed by atoms with van der Waals surface area (Å²) >= 11 is 0. The van der Waals surface area contributed by atoms with Crippen molar-refractivity contribution < 1.29 is 75.8 Å². The van der Waals surface area contributed by atoms with Crippen LogP contribution >= 0.6 is 12.4 Å². The molecule has 0 N–H and O–H groups in total. The summed E-state index contributed by atoms with van der Waals surface area (Å²) in [5.41, 5.74) is 0. The van der Waals surface area contributed by atoms with E-state index in [4.69, 9.17) is 0 Å². The summed E-state index contributed by atoms with van der Waals surface area (Å²) in [5, 5.41) is 0. The van der Waals surface area contributed by atoms with Gasteiger partial charge in [-0.1, -0.05) is 0 Å². The third-order valence-corrected chi connectivity index (χ3v) is 0.379. The van der Waals surface area contributed by atoms with Crippen molar-refractivity contribution in [1.29, 1.82) is 0 Å². The molecule has 0 aliphatic carbocycles. The monoisotopic (exact) mass is 206 g/mol. The van der Waals surface area contributed by atoms with Crippen LogP contribution in [-0.2, 0) is 9.53 Å². The van der Waals surface area contributed by atoms with E-state index in [0.29, 0.717) is 0 Å². The van der Waals surface area contributed by atoms with Crippen molar-refractivity contribution >= 4 is 18.4 Å². The molecule has 0 aliphatic heterocycles. The van der Waals surface area contributed by atoms with Gasteiger partial charge in [0.2, 0.25) is 0 Å². The topological polar surface area (TPSA) is 26.3 Å². The van der Waals surface area contributed by atoms with Crippen molar-refractivity contribution in [2.24, 2.45) is 0 Å². The first-order chi connectivity index (χ1) is 3.18. The summed E-state index contributed by atoms with van der Waals surface area (Å²) in [7, 11) is 0.911. The molecule has 0 unspecified atom stereocenters. The van der Waals surface area contributed by atoms with E-state index in [2.05, 4.69) is 4.74 Å². The molecule has 0 bridgehead atoms. The molecule has 2 nitrogen and oxygen atoms in total. The molecule has 0 radical (unpaired) electrons. The third-order valence-electron chi connectivity index (χ3n) is 0.379. The smallest absolute Gasteiger partial charge is 1.00 e. The zero-order valence-electron chi connectivity index (χ0n) is 6.47. The number of halogens is 4. The Balaban J connectivity index is -0.0000000300. The average Bonchev–Trinajstić information content (AvgIpc) is 1.65. The molecule has 0 saturated carbocycles. The number of rotatable bonds is 1. The van der Waals surface area contributed by atoms with Gasteiger partial charge in [-0.2, -0.15) is 8.78 Å². The summed E-state index contributed by atoms with van der Waals surface area (Å²) in [6.07, 6.45) is -3.00. The van der Waals surface area contributed by atoms with Crippen LogP contribution in [0.3, 0.4) is 0 Å². The van der Waals surface area contributed by atoms with Gasteiger partial charge in [0.05, 0.1) is 7.11 Å². The number of alkyl halides is 2. The van der Waals surface area contributed by atoms with Gasteiger partial charge < -0.3 is 6.16 Å². The minimum Gasteiger partial charge on any atom is -1.00 e. The van der Waals surface area contributed by atoms with Gasteiger partial charge >= 0.3 is 63.8 Å². The molecule has 0 aromatic carbocycles. The minimum atomic E-state index is -3.00. The first-order valence-corrected chi connectivity index (χ1v) is 1.54. The van der Waals surface area contributed by atoms with Crippen molar-refractivity contribution in [2.75, 3.05) is 7.11 Å². The van der Waals surface area contributed by atoms with Gasteiger partial charge in [0.15, 0.2) is 0 Å². The minimum absolute atomic E-state index is 0. The molecule has 0 amide bonds. The number of carbonyl (C=O) groups excluding carboxylic acids is 1. The van der Waals surface area contributed by atoms with Crippen molar-refractivity contribution in [2.45, 2.75) is 6.43 Å². The fourth-order valence-corrected chi connectivity index (χ4v) is 0.0891. The number of carbonyl (C=O) groups is 1. The fraction of sp³-hybridized carbons (Fsp3) is 0.667. The van der Waals surface area contributed by atoms with E-state index in [1.165, 1.54) is 0 Å². The number of hydrogen-bond acceptors (Lipinski definition) is 2. The van der Waals surface area contributed by atoms with Gasteiger partial charge in [-0.3, -0.25) is 4.70 Å². The summed E-state index contributed by atoms with van der Waals surface area (Å²) in [6.45, 7) is 0. The molecule has 0 rings (SSSR count). The maximum Gasteiger partial charge on any atom is 1.00 e. The van der Waals surface area contributed by atoms with E-state index in [1.54, 1.807) is 0 Å². The van der Waals surface area contributed by atoms with Gasteiger partial charge in [0.1, 0.15) is 0 Å². The van der Waals surface area contributed by atoms with Crippen molar-refractivity contribution in [3.8, 4) is 0 Å². The fourth-order valence-electron chi connectivity index (χ4n) is 0.0891. The van der Waals surface area contributed by atoms with Crippen molar-refractivity contribution in [3.63, 3.8) is 0 Å². The van der Waals surface area contributed by atoms with E-state index in [9.17, 15) is 13.6 Å². The van der Waals surface area contributed by atoms with Crippen LogP contribution in [-0.4, -0.2) is 19.5 Å². The second kappa shape index (κ2) is 12.8. The van der Waals surface area contributed by atoms with Crippen LogP contribution in [0.5, 0.6) is 0 Å². The zero-order valence-corrected chi connectivity index (χ0v) is 9.41. The molecule has 0 atom stereocenters. The molecule has 0 fully saturated rings. The van der Waals surface area contributed by atoms with Crippen LogP contribution in [0.4, 0.5) is 13.5 Å². The summed E-state index contributed by atoms with van der Waals surface area (Å²) in [4.78, 5) is 9.54. The van der Waals surface area contributed by atoms with Crippen LogP contribution in [0.15, 0.2) is 0 Å².